The fourth-order valence-electron chi connectivity index (χ4n) is 1.71. The number of hydrogen-bond donors (Lipinski definition) is 2. The van der Waals surface area contributed by atoms with Crippen molar-refractivity contribution in [1.82, 2.24) is 20.4 Å². The summed E-state index contributed by atoms with van der Waals surface area (Å²) in [6.07, 6.45) is 1.71. The number of hydrogen-bond acceptors (Lipinski definition) is 3. The van der Waals surface area contributed by atoms with Gasteiger partial charge in [-0.3, -0.25) is 9.89 Å². The van der Waals surface area contributed by atoms with Crippen molar-refractivity contribution in [2.75, 3.05) is 27.2 Å². The van der Waals surface area contributed by atoms with Crippen LogP contribution >= 0.6 is 0 Å². The molecule has 2 aromatic rings. The second-order valence-corrected chi connectivity index (χ2v) is 4.61. The summed E-state index contributed by atoms with van der Waals surface area (Å²) in [4.78, 5) is 13.9. The molecule has 0 atom stereocenters. The van der Waals surface area contributed by atoms with Gasteiger partial charge in [-0.2, -0.15) is 5.10 Å². The van der Waals surface area contributed by atoms with Crippen LogP contribution in [-0.4, -0.2) is 48.2 Å². The summed E-state index contributed by atoms with van der Waals surface area (Å²) in [5.74, 6) is -0.0435. The molecule has 0 radical (unpaired) electrons. The molecule has 0 saturated heterocycles. The lowest BCUT2D eigenvalue weighted by atomic mass is 10.1. The highest BCUT2D eigenvalue weighted by molar-refractivity contribution is 5.94. The molecule has 19 heavy (non-hydrogen) atoms. The first kappa shape index (κ1) is 13.3. The Bertz CT molecular complexity index is 517. The van der Waals surface area contributed by atoms with Crippen molar-refractivity contribution in [1.29, 1.82) is 0 Å². The number of likely N-dealkylation sites (N-methyl/N-ethyl adjacent to an activating group) is 1. The average molecular weight is 258 g/mol. The number of carbonyl (C=O) groups is 1. The van der Waals surface area contributed by atoms with E-state index in [2.05, 4.69) is 15.5 Å². The van der Waals surface area contributed by atoms with Gasteiger partial charge in [0.15, 0.2) is 0 Å². The van der Waals surface area contributed by atoms with E-state index in [0.29, 0.717) is 12.1 Å². The molecule has 0 saturated carbocycles. The van der Waals surface area contributed by atoms with Crippen LogP contribution in [0.2, 0.25) is 0 Å². The lowest BCUT2D eigenvalue weighted by Gasteiger charge is -2.10. The smallest absolute Gasteiger partial charge is 0.251 e. The van der Waals surface area contributed by atoms with Crippen molar-refractivity contribution in [2.45, 2.75) is 0 Å². The summed E-state index contributed by atoms with van der Waals surface area (Å²) in [6, 6.07) is 9.36. The van der Waals surface area contributed by atoms with Crippen LogP contribution in [0.5, 0.6) is 0 Å². The first-order valence-corrected chi connectivity index (χ1v) is 6.19. The van der Waals surface area contributed by atoms with Gasteiger partial charge in [0.1, 0.15) is 0 Å². The molecule has 5 nitrogen and oxygen atoms in total. The monoisotopic (exact) mass is 258 g/mol. The molecule has 0 aliphatic heterocycles. The molecule has 0 bridgehead atoms. The molecule has 0 aliphatic carbocycles. The van der Waals surface area contributed by atoms with Crippen LogP contribution in [0.25, 0.3) is 11.3 Å². The summed E-state index contributed by atoms with van der Waals surface area (Å²) in [5.41, 5.74) is 2.63. The fourth-order valence-corrected chi connectivity index (χ4v) is 1.71. The number of benzene rings is 1. The van der Waals surface area contributed by atoms with Gasteiger partial charge in [0, 0.05) is 24.8 Å². The second-order valence-electron chi connectivity index (χ2n) is 4.61. The number of carbonyl (C=O) groups excluding carboxylic acids is 1. The van der Waals surface area contributed by atoms with Crippen molar-refractivity contribution >= 4 is 5.91 Å². The van der Waals surface area contributed by atoms with E-state index in [4.69, 9.17) is 0 Å². The Morgan fingerprint density at radius 2 is 2.00 bits per heavy atom. The zero-order chi connectivity index (χ0) is 13.7. The number of nitrogens with zero attached hydrogens (tertiary/aromatic N) is 2. The molecule has 1 aromatic carbocycles. The van der Waals surface area contributed by atoms with E-state index in [1.807, 2.05) is 49.3 Å². The van der Waals surface area contributed by atoms with Crippen molar-refractivity contribution in [3.05, 3.63) is 42.1 Å². The number of aromatic amines is 1. The van der Waals surface area contributed by atoms with Gasteiger partial charge in [0.25, 0.3) is 5.91 Å². The average Bonchev–Trinajstić information content (AvgIpc) is 2.92. The Hall–Kier alpha value is -2.14. The lowest BCUT2D eigenvalue weighted by Crippen LogP contribution is -2.31. The van der Waals surface area contributed by atoms with Crippen LogP contribution in [0.3, 0.4) is 0 Å². The van der Waals surface area contributed by atoms with Gasteiger partial charge in [-0.15, -0.1) is 0 Å². The largest absolute Gasteiger partial charge is 0.351 e. The standard InChI is InChI=1S/C14H18N4O/c1-18(2)10-9-15-14(19)12-5-3-11(4-6-12)13-7-8-16-17-13/h3-8H,9-10H2,1-2H3,(H,15,19)(H,16,17). The fraction of sp³-hybridized carbons (Fsp3) is 0.286. The molecular weight excluding hydrogens is 240 g/mol. The van der Waals surface area contributed by atoms with E-state index in [0.717, 1.165) is 17.8 Å². The maximum atomic E-state index is 11.9. The van der Waals surface area contributed by atoms with Gasteiger partial charge >= 0.3 is 0 Å². The van der Waals surface area contributed by atoms with Gasteiger partial charge in [0.2, 0.25) is 0 Å². The van der Waals surface area contributed by atoms with Crippen LogP contribution in [0, 0.1) is 0 Å². The van der Waals surface area contributed by atoms with E-state index in [-0.39, 0.29) is 5.91 Å². The minimum absolute atomic E-state index is 0.0435. The van der Waals surface area contributed by atoms with E-state index in [1.165, 1.54) is 0 Å². The molecule has 5 heteroatoms. The summed E-state index contributed by atoms with van der Waals surface area (Å²) in [6.45, 7) is 1.48. The number of nitrogens with one attached hydrogen (secondary N) is 2. The summed E-state index contributed by atoms with van der Waals surface area (Å²) in [5, 5.41) is 9.68. The first-order valence-electron chi connectivity index (χ1n) is 6.19. The first-order chi connectivity index (χ1) is 9.16. The predicted molar refractivity (Wildman–Crippen MR) is 74.9 cm³/mol. The molecule has 1 amide bonds. The van der Waals surface area contributed by atoms with Crippen LogP contribution in [0.15, 0.2) is 36.5 Å². The maximum absolute atomic E-state index is 11.9. The van der Waals surface area contributed by atoms with E-state index in [1.54, 1.807) is 6.20 Å². The van der Waals surface area contributed by atoms with Gasteiger partial charge in [-0.1, -0.05) is 12.1 Å². The minimum atomic E-state index is -0.0435. The Kier molecular flexibility index (Phi) is 4.30. The van der Waals surface area contributed by atoms with Crippen molar-refractivity contribution in [3.8, 4) is 11.3 Å². The highest BCUT2D eigenvalue weighted by Gasteiger charge is 2.05. The Balaban J connectivity index is 1.96. The van der Waals surface area contributed by atoms with Crippen LogP contribution < -0.4 is 5.32 Å². The third kappa shape index (κ3) is 3.66. The molecule has 0 spiro atoms. The van der Waals surface area contributed by atoms with E-state index < -0.39 is 0 Å². The zero-order valence-corrected chi connectivity index (χ0v) is 11.2. The van der Waals surface area contributed by atoms with Gasteiger partial charge in [-0.25, -0.2) is 0 Å². The number of rotatable bonds is 5. The van der Waals surface area contributed by atoms with Crippen LogP contribution in [0.1, 0.15) is 10.4 Å². The minimum Gasteiger partial charge on any atom is -0.351 e. The maximum Gasteiger partial charge on any atom is 0.251 e. The van der Waals surface area contributed by atoms with Gasteiger partial charge in [0.05, 0.1) is 5.69 Å². The quantitative estimate of drug-likeness (QED) is 0.851. The van der Waals surface area contributed by atoms with E-state index in [9.17, 15) is 4.79 Å². The second kappa shape index (κ2) is 6.15. The molecular formula is C14H18N4O. The van der Waals surface area contributed by atoms with Crippen molar-refractivity contribution in [3.63, 3.8) is 0 Å². The number of aromatic nitrogens is 2. The predicted octanol–water partition coefficient (Wildman–Crippen LogP) is 1.37. The van der Waals surface area contributed by atoms with Crippen molar-refractivity contribution in [2.24, 2.45) is 0 Å². The molecule has 0 fully saturated rings. The Morgan fingerprint density at radius 1 is 1.26 bits per heavy atom. The zero-order valence-electron chi connectivity index (χ0n) is 11.2. The molecule has 2 rings (SSSR count). The SMILES string of the molecule is CN(C)CCNC(=O)c1ccc(-c2ccn[nH]2)cc1. The summed E-state index contributed by atoms with van der Waals surface area (Å²) >= 11 is 0. The van der Waals surface area contributed by atoms with Gasteiger partial charge in [-0.05, 0) is 37.9 Å². The molecule has 2 N–H and O–H groups in total. The molecule has 1 heterocycles. The third-order valence-electron chi connectivity index (χ3n) is 2.80. The lowest BCUT2D eigenvalue weighted by molar-refractivity contribution is 0.0951. The number of amides is 1. The normalized spacial score (nSPS) is 10.7. The van der Waals surface area contributed by atoms with E-state index >= 15 is 0 Å². The Morgan fingerprint density at radius 3 is 2.58 bits per heavy atom. The molecule has 0 unspecified atom stereocenters. The topological polar surface area (TPSA) is 61.0 Å². The summed E-state index contributed by atoms with van der Waals surface area (Å²) in [7, 11) is 3.96. The van der Waals surface area contributed by atoms with Gasteiger partial charge < -0.3 is 10.2 Å². The third-order valence-corrected chi connectivity index (χ3v) is 2.80. The highest BCUT2D eigenvalue weighted by Crippen LogP contribution is 2.16. The van der Waals surface area contributed by atoms with Crippen LogP contribution in [0.4, 0.5) is 0 Å². The van der Waals surface area contributed by atoms with Crippen LogP contribution in [-0.2, 0) is 0 Å². The molecule has 100 valence electrons. The summed E-state index contributed by atoms with van der Waals surface area (Å²) < 4.78 is 0. The Labute approximate surface area is 112 Å². The number of H-pyrrole nitrogens is 1. The molecule has 0 aliphatic rings. The molecule has 1 aromatic heterocycles. The highest BCUT2D eigenvalue weighted by atomic mass is 16.1. The van der Waals surface area contributed by atoms with Crippen molar-refractivity contribution < 1.29 is 4.79 Å².